The predicted molar refractivity (Wildman–Crippen MR) is 70.7 cm³/mol. The number of rotatable bonds is 3. The topological polar surface area (TPSA) is 29.9 Å². The first-order valence-corrected chi connectivity index (χ1v) is 6.71. The molecule has 17 heavy (non-hydrogen) atoms. The van der Waals surface area contributed by atoms with Gasteiger partial charge in [0.05, 0.1) is 6.04 Å². The minimum atomic E-state index is 0.380. The second-order valence-electron chi connectivity index (χ2n) is 6.00. The number of nitrogens with one attached hydrogen (secondary N) is 1. The molecule has 0 bridgehead atoms. The highest BCUT2D eigenvalue weighted by molar-refractivity contribution is 5.04. The van der Waals surface area contributed by atoms with Gasteiger partial charge in [0.15, 0.2) is 0 Å². The number of hydrogen-bond acceptors (Lipinski definition) is 2. The zero-order valence-corrected chi connectivity index (χ0v) is 11.5. The molecule has 1 N–H and O–H groups in total. The summed E-state index contributed by atoms with van der Waals surface area (Å²) in [6.07, 6.45) is 9.31. The SMILES string of the molecule is CNC(c1nccn1C)C1CCCCC1(C)C. The number of hydrogen-bond donors (Lipinski definition) is 1. The molecule has 0 aliphatic heterocycles. The second kappa shape index (κ2) is 4.81. The molecule has 1 fully saturated rings. The van der Waals surface area contributed by atoms with E-state index in [2.05, 4.69) is 42.8 Å². The zero-order chi connectivity index (χ0) is 12.5. The maximum atomic E-state index is 4.53. The Morgan fingerprint density at radius 1 is 1.47 bits per heavy atom. The number of aryl methyl sites for hydroxylation is 1. The van der Waals surface area contributed by atoms with Crippen LogP contribution in [0.3, 0.4) is 0 Å². The Labute approximate surface area is 105 Å². The van der Waals surface area contributed by atoms with Crippen LogP contribution in [0.2, 0.25) is 0 Å². The molecule has 0 aromatic carbocycles. The zero-order valence-electron chi connectivity index (χ0n) is 11.5. The molecule has 1 saturated carbocycles. The molecule has 1 aliphatic carbocycles. The molecule has 0 saturated heterocycles. The van der Waals surface area contributed by atoms with Crippen molar-refractivity contribution in [3.63, 3.8) is 0 Å². The average Bonchev–Trinajstić information content (AvgIpc) is 2.68. The monoisotopic (exact) mass is 235 g/mol. The van der Waals surface area contributed by atoms with Crippen molar-refractivity contribution in [2.24, 2.45) is 18.4 Å². The Hall–Kier alpha value is -0.830. The van der Waals surface area contributed by atoms with Gasteiger partial charge in [-0.3, -0.25) is 0 Å². The Bertz CT molecular complexity index is 367. The van der Waals surface area contributed by atoms with Crippen molar-refractivity contribution >= 4 is 0 Å². The van der Waals surface area contributed by atoms with Gasteiger partial charge in [-0.25, -0.2) is 4.98 Å². The molecule has 1 aromatic heterocycles. The van der Waals surface area contributed by atoms with Crippen LogP contribution in [0.5, 0.6) is 0 Å². The normalized spacial score (nSPS) is 25.8. The molecule has 0 radical (unpaired) electrons. The molecule has 2 unspecified atom stereocenters. The smallest absolute Gasteiger partial charge is 0.125 e. The van der Waals surface area contributed by atoms with E-state index in [1.807, 2.05) is 12.4 Å². The minimum absolute atomic E-state index is 0.380. The van der Waals surface area contributed by atoms with Gasteiger partial charge in [0.1, 0.15) is 5.82 Å². The fourth-order valence-electron chi connectivity index (χ4n) is 3.33. The fourth-order valence-corrected chi connectivity index (χ4v) is 3.33. The first-order valence-electron chi connectivity index (χ1n) is 6.71. The molecule has 3 heteroatoms. The number of nitrogens with zero attached hydrogens (tertiary/aromatic N) is 2. The van der Waals surface area contributed by atoms with E-state index in [1.54, 1.807) is 0 Å². The van der Waals surface area contributed by atoms with Crippen LogP contribution in [-0.4, -0.2) is 16.6 Å². The molecule has 3 nitrogen and oxygen atoms in total. The van der Waals surface area contributed by atoms with Crippen LogP contribution in [0.1, 0.15) is 51.4 Å². The summed E-state index contributed by atoms with van der Waals surface area (Å²) in [6, 6.07) is 0.380. The van der Waals surface area contributed by atoms with Crippen molar-refractivity contribution in [3.8, 4) is 0 Å². The van der Waals surface area contributed by atoms with Crippen molar-refractivity contribution in [2.45, 2.75) is 45.6 Å². The van der Waals surface area contributed by atoms with Gasteiger partial charge in [-0.1, -0.05) is 26.7 Å². The van der Waals surface area contributed by atoms with E-state index in [9.17, 15) is 0 Å². The quantitative estimate of drug-likeness (QED) is 0.873. The summed E-state index contributed by atoms with van der Waals surface area (Å²) >= 11 is 0. The van der Waals surface area contributed by atoms with Crippen LogP contribution in [0.15, 0.2) is 12.4 Å². The maximum Gasteiger partial charge on any atom is 0.125 e. The Kier molecular flexibility index (Phi) is 3.57. The highest BCUT2D eigenvalue weighted by atomic mass is 15.1. The fraction of sp³-hybridized carbons (Fsp3) is 0.786. The summed E-state index contributed by atoms with van der Waals surface area (Å²) in [5.41, 5.74) is 0.415. The third-order valence-corrected chi connectivity index (χ3v) is 4.44. The van der Waals surface area contributed by atoms with E-state index in [4.69, 9.17) is 0 Å². The summed E-state index contributed by atoms with van der Waals surface area (Å²) in [7, 11) is 4.15. The van der Waals surface area contributed by atoms with Crippen LogP contribution in [0.25, 0.3) is 0 Å². The van der Waals surface area contributed by atoms with Crippen molar-refractivity contribution in [1.29, 1.82) is 0 Å². The first kappa shape index (κ1) is 12.6. The largest absolute Gasteiger partial charge is 0.337 e. The third kappa shape index (κ3) is 2.39. The summed E-state index contributed by atoms with van der Waals surface area (Å²) in [4.78, 5) is 4.53. The third-order valence-electron chi connectivity index (χ3n) is 4.44. The van der Waals surface area contributed by atoms with E-state index in [0.29, 0.717) is 17.4 Å². The standard InChI is InChI=1S/C14H25N3/c1-14(2)8-6-5-7-11(14)12(15-3)13-16-9-10-17(13)4/h9-12,15H,5-8H2,1-4H3. The first-order chi connectivity index (χ1) is 8.06. The van der Waals surface area contributed by atoms with Crippen LogP contribution < -0.4 is 5.32 Å². The second-order valence-corrected chi connectivity index (χ2v) is 6.00. The summed E-state index contributed by atoms with van der Waals surface area (Å²) in [6.45, 7) is 4.81. The highest BCUT2D eigenvalue weighted by Crippen LogP contribution is 2.46. The van der Waals surface area contributed by atoms with E-state index < -0.39 is 0 Å². The van der Waals surface area contributed by atoms with Crippen molar-refractivity contribution in [3.05, 3.63) is 18.2 Å². The lowest BCUT2D eigenvalue weighted by Crippen LogP contribution is -2.39. The van der Waals surface area contributed by atoms with E-state index in [1.165, 1.54) is 31.5 Å². The van der Waals surface area contributed by atoms with E-state index in [0.717, 1.165) is 0 Å². The van der Waals surface area contributed by atoms with Gasteiger partial charge >= 0.3 is 0 Å². The predicted octanol–water partition coefficient (Wildman–Crippen LogP) is 2.90. The van der Waals surface area contributed by atoms with Crippen molar-refractivity contribution < 1.29 is 0 Å². The molecule has 0 spiro atoms. The lowest BCUT2D eigenvalue weighted by atomic mass is 9.65. The van der Waals surface area contributed by atoms with E-state index >= 15 is 0 Å². The molecule has 1 aromatic rings. The van der Waals surface area contributed by atoms with Crippen LogP contribution >= 0.6 is 0 Å². The van der Waals surface area contributed by atoms with Gasteiger partial charge in [0.2, 0.25) is 0 Å². The highest BCUT2D eigenvalue weighted by Gasteiger charge is 2.38. The molecule has 1 heterocycles. The van der Waals surface area contributed by atoms with Gasteiger partial charge < -0.3 is 9.88 Å². The number of imidazole rings is 1. The van der Waals surface area contributed by atoms with Crippen LogP contribution in [0, 0.1) is 11.3 Å². The molecular formula is C14H25N3. The maximum absolute atomic E-state index is 4.53. The average molecular weight is 235 g/mol. The summed E-state index contributed by atoms with van der Waals surface area (Å²) in [5, 5.41) is 3.49. The Morgan fingerprint density at radius 2 is 2.24 bits per heavy atom. The summed E-state index contributed by atoms with van der Waals surface area (Å²) in [5.74, 6) is 1.86. The summed E-state index contributed by atoms with van der Waals surface area (Å²) < 4.78 is 2.14. The van der Waals surface area contributed by atoms with Gasteiger partial charge in [0.25, 0.3) is 0 Å². The van der Waals surface area contributed by atoms with Crippen molar-refractivity contribution in [2.75, 3.05) is 7.05 Å². The van der Waals surface area contributed by atoms with Gasteiger partial charge in [0, 0.05) is 19.4 Å². The lowest BCUT2D eigenvalue weighted by molar-refractivity contribution is 0.0970. The Morgan fingerprint density at radius 3 is 2.76 bits per heavy atom. The lowest BCUT2D eigenvalue weighted by Gasteiger charge is -2.42. The Balaban J connectivity index is 2.26. The number of aromatic nitrogens is 2. The molecule has 2 atom stereocenters. The van der Waals surface area contributed by atoms with Gasteiger partial charge in [-0.15, -0.1) is 0 Å². The van der Waals surface area contributed by atoms with Crippen LogP contribution in [0.4, 0.5) is 0 Å². The van der Waals surface area contributed by atoms with Crippen molar-refractivity contribution in [1.82, 2.24) is 14.9 Å². The molecule has 1 aliphatic rings. The molecule has 0 amide bonds. The molecule has 96 valence electrons. The molecule has 2 rings (SSSR count). The molecular weight excluding hydrogens is 210 g/mol. The van der Waals surface area contributed by atoms with Crippen LogP contribution in [-0.2, 0) is 7.05 Å². The van der Waals surface area contributed by atoms with Gasteiger partial charge in [-0.05, 0) is 31.2 Å². The minimum Gasteiger partial charge on any atom is -0.337 e. The van der Waals surface area contributed by atoms with E-state index in [-0.39, 0.29) is 0 Å². The van der Waals surface area contributed by atoms with Gasteiger partial charge in [-0.2, -0.15) is 0 Å².